The molecule has 0 spiro atoms. The van der Waals surface area contributed by atoms with Gasteiger partial charge >= 0.3 is 0 Å². The van der Waals surface area contributed by atoms with Crippen molar-refractivity contribution < 1.29 is 8.42 Å². The summed E-state index contributed by atoms with van der Waals surface area (Å²) in [4.78, 5) is 4.26. The van der Waals surface area contributed by atoms with Gasteiger partial charge in [-0.05, 0) is 41.9 Å². The van der Waals surface area contributed by atoms with Crippen LogP contribution in [-0.2, 0) is 16.4 Å². The van der Waals surface area contributed by atoms with Gasteiger partial charge in [-0.2, -0.15) is 0 Å². The van der Waals surface area contributed by atoms with Gasteiger partial charge in [-0.1, -0.05) is 6.07 Å². The minimum Gasteiger partial charge on any atom is -0.310 e. The van der Waals surface area contributed by atoms with Crippen LogP contribution in [0.1, 0.15) is 19.5 Å². The molecule has 1 aromatic heterocycles. The first kappa shape index (κ1) is 14.6. The van der Waals surface area contributed by atoms with E-state index in [1.807, 2.05) is 18.2 Å². The van der Waals surface area contributed by atoms with Crippen LogP contribution in [0.5, 0.6) is 0 Å². The lowest BCUT2D eigenvalue weighted by Crippen LogP contribution is -2.41. The van der Waals surface area contributed by atoms with Gasteiger partial charge in [0, 0.05) is 19.3 Å². The standard InChI is InChI=1S/C11H17BrN2O2S/c1-11(2,17(3,15)16)8-13-7-9-5-4-6-10(12)14-9/h4-6,13H,7-8H2,1-3H3. The Morgan fingerprint density at radius 2 is 2.06 bits per heavy atom. The Morgan fingerprint density at radius 1 is 1.41 bits per heavy atom. The van der Waals surface area contributed by atoms with Gasteiger partial charge < -0.3 is 5.32 Å². The maximum Gasteiger partial charge on any atom is 0.153 e. The fraction of sp³-hybridized carbons (Fsp3) is 0.545. The van der Waals surface area contributed by atoms with Crippen LogP contribution < -0.4 is 5.32 Å². The third-order valence-corrected chi connectivity index (χ3v) is 5.23. The molecule has 1 aromatic rings. The predicted octanol–water partition coefficient (Wildman–Crippen LogP) is 1.76. The second-order valence-electron chi connectivity index (χ2n) is 4.59. The van der Waals surface area contributed by atoms with Crippen molar-refractivity contribution in [3.8, 4) is 0 Å². The van der Waals surface area contributed by atoms with Crippen LogP contribution in [0.15, 0.2) is 22.8 Å². The van der Waals surface area contributed by atoms with Crippen molar-refractivity contribution in [3.63, 3.8) is 0 Å². The fourth-order valence-corrected chi connectivity index (χ4v) is 1.92. The summed E-state index contributed by atoms with van der Waals surface area (Å²) >= 11 is 3.29. The molecule has 1 N–H and O–H groups in total. The molecule has 0 aliphatic heterocycles. The molecular formula is C11H17BrN2O2S. The first-order valence-corrected chi connectivity index (χ1v) is 7.92. The molecule has 17 heavy (non-hydrogen) atoms. The molecule has 0 fully saturated rings. The average molecular weight is 321 g/mol. The highest BCUT2D eigenvalue weighted by Crippen LogP contribution is 2.13. The minimum atomic E-state index is -3.06. The van der Waals surface area contributed by atoms with E-state index in [2.05, 4.69) is 26.2 Å². The van der Waals surface area contributed by atoms with Crippen LogP contribution in [0, 0.1) is 0 Å². The Hall–Kier alpha value is -0.460. The van der Waals surface area contributed by atoms with Crippen molar-refractivity contribution in [2.75, 3.05) is 12.8 Å². The lowest BCUT2D eigenvalue weighted by Gasteiger charge is -2.22. The molecule has 0 aromatic carbocycles. The number of rotatable bonds is 5. The average Bonchev–Trinajstić information content (AvgIpc) is 2.15. The normalized spacial score (nSPS) is 12.7. The number of sulfone groups is 1. The molecule has 0 saturated carbocycles. The molecule has 96 valence electrons. The summed E-state index contributed by atoms with van der Waals surface area (Å²) in [5.41, 5.74) is 0.878. The Bertz CT molecular complexity index is 486. The van der Waals surface area contributed by atoms with Gasteiger partial charge in [0.05, 0.1) is 10.4 Å². The van der Waals surface area contributed by atoms with Crippen LogP contribution in [0.2, 0.25) is 0 Å². The number of nitrogens with zero attached hydrogens (tertiary/aromatic N) is 1. The van der Waals surface area contributed by atoms with Crippen molar-refractivity contribution in [2.45, 2.75) is 25.1 Å². The molecule has 0 unspecified atom stereocenters. The maximum absolute atomic E-state index is 11.5. The van der Waals surface area contributed by atoms with E-state index in [1.54, 1.807) is 13.8 Å². The van der Waals surface area contributed by atoms with E-state index in [9.17, 15) is 8.42 Å². The quantitative estimate of drug-likeness (QED) is 0.840. The van der Waals surface area contributed by atoms with Crippen molar-refractivity contribution in [1.29, 1.82) is 0 Å². The van der Waals surface area contributed by atoms with E-state index in [4.69, 9.17) is 0 Å². The van der Waals surface area contributed by atoms with E-state index in [0.29, 0.717) is 13.1 Å². The molecular weight excluding hydrogens is 304 g/mol. The van der Waals surface area contributed by atoms with Gasteiger partial charge in [0.15, 0.2) is 9.84 Å². The molecule has 0 amide bonds. The van der Waals surface area contributed by atoms with Crippen LogP contribution in [0.3, 0.4) is 0 Å². The molecule has 0 bridgehead atoms. The van der Waals surface area contributed by atoms with Gasteiger partial charge in [0.2, 0.25) is 0 Å². The SMILES string of the molecule is CC(C)(CNCc1cccc(Br)n1)S(C)(=O)=O. The molecule has 1 rings (SSSR count). The van der Waals surface area contributed by atoms with Gasteiger partial charge in [-0.3, -0.25) is 0 Å². The molecule has 0 aliphatic rings. The largest absolute Gasteiger partial charge is 0.310 e. The Kier molecular flexibility index (Phi) is 4.69. The summed E-state index contributed by atoms with van der Waals surface area (Å²) in [5.74, 6) is 0. The number of hydrogen-bond acceptors (Lipinski definition) is 4. The number of aromatic nitrogens is 1. The van der Waals surface area contributed by atoms with E-state index in [-0.39, 0.29) is 0 Å². The number of halogens is 1. The zero-order chi connectivity index (χ0) is 13.1. The van der Waals surface area contributed by atoms with E-state index in [1.165, 1.54) is 6.26 Å². The van der Waals surface area contributed by atoms with Gasteiger partial charge in [0.25, 0.3) is 0 Å². The summed E-state index contributed by atoms with van der Waals surface area (Å²) in [6.07, 6.45) is 1.26. The maximum atomic E-state index is 11.5. The molecule has 0 saturated heterocycles. The molecule has 0 aliphatic carbocycles. The highest BCUT2D eigenvalue weighted by atomic mass is 79.9. The number of hydrogen-bond donors (Lipinski definition) is 1. The van der Waals surface area contributed by atoms with Crippen molar-refractivity contribution in [2.24, 2.45) is 0 Å². The fourth-order valence-electron chi connectivity index (χ4n) is 1.17. The van der Waals surface area contributed by atoms with Crippen LogP contribution in [-0.4, -0.2) is 30.9 Å². The van der Waals surface area contributed by atoms with Gasteiger partial charge in [-0.25, -0.2) is 13.4 Å². The minimum absolute atomic E-state index is 0.403. The Morgan fingerprint density at radius 3 is 2.59 bits per heavy atom. The zero-order valence-electron chi connectivity index (χ0n) is 10.2. The predicted molar refractivity (Wildman–Crippen MR) is 72.6 cm³/mol. The first-order chi connectivity index (χ1) is 7.72. The Labute approximate surface area is 111 Å². The zero-order valence-corrected chi connectivity index (χ0v) is 12.6. The summed E-state index contributed by atoms with van der Waals surface area (Å²) < 4.78 is 23.0. The lowest BCUT2D eigenvalue weighted by atomic mass is 10.2. The summed E-state index contributed by atoms with van der Waals surface area (Å²) in [6, 6.07) is 5.64. The number of nitrogens with one attached hydrogen (secondary N) is 1. The van der Waals surface area contributed by atoms with Gasteiger partial charge in [-0.15, -0.1) is 0 Å². The topological polar surface area (TPSA) is 59.1 Å². The van der Waals surface area contributed by atoms with Gasteiger partial charge in [0.1, 0.15) is 4.60 Å². The lowest BCUT2D eigenvalue weighted by molar-refractivity contribution is 0.519. The Balaban J connectivity index is 2.54. The molecule has 0 radical (unpaired) electrons. The van der Waals surface area contributed by atoms with E-state index in [0.717, 1.165) is 10.3 Å². The van der Waals surface area contributed by atoms with Crippen molar-refractivity contribution >= 4 is 25.8 Å². The van der Waals surface area contributed by atoms with E-state index >= 15 is 0 Å². The van der Waals surface area contributed by atoms with E-state index < -0.39 is 14.6 Å². The first-order valence-electron chi connectivity index (χ1n) is 5.24. The molecule has 4 nitrogen and oxygen atoms in total. The summed E-state index contributed by atoms with van der Waals surface area (Å²) in [5, 5.41) is 3.11. The van der Waals surface area contributed by atoms with Crippen molar-refractivity contribution in [1.82, 2.24) is 10.3 Å². The highest BCUT2D eigenvalue weighted by Gasteiger charge is 2.29. The van der Waals surface area contributed by atoms with Crippen LogP contribution in [0.4, 0.5) is 0 Å². The molecule has 6 heteroatoms. The number of pyridine rings is 1. The second-order valence-corrected chi connectivity index (χ2v) is 8.05. The summed E-state index contributed by atoms with van der Waals surface area (Å²) in [6.45, 7) is 4.38. The second kappa shape index (κ2) is 5.46. The molecule has 0 atom stereocenters. The highest BCUT2D eigenvalue weighted by molar-refractivity contribution is 9.10. The smallest absolute Gasteiger partial charge is 0.153 e. The van der Waals surface area contributed by atoms with Crippen LogP contribution in [0.25, 0.3) is 0 Å². The van der Waals surface area contributed by atoms with Crippen molar-refractivity contribution in [3.05, 3.63) is 28.5 Å². The third-order valence-electron chi connectivity index (χ3n) is 2.63. The van der Waals surface area contributed by atoms with Crippen LogP contribution >= 0.6 is 15.9 Å². The molecule has 1 heterocycles. The third kappa shape index (κ3) is 4.37. The monoisotopic (exact) mass is 320 g/mol. The summed E-state index contributed by atoms with van der Waals surface area (Å²) in [7, 11) is -3.06.